The van der Waals surface area contributed by atoms with Crippen molar-refractivity contribution >= 4 is 17.2 Å². The van der Waals surface area contributed by atoms with E-state index in [1.54, 1.807) is 0 Å². The van der Waals surface area contributed by atoms with Gasteiger partial charge in [-0.05, 0) is 71.3 Å². The van der Waals surface area contributed by atoms with Gasteiger partial charge in [0.05, 0.1) is 0 Å². The van der Waals surface area contributed by atoms with Gasteiger partial charge < -0.3 is 5.73 Å². The van der Waals surface area contributed by atoms with E-state index in [9.17, 15) is 10.0 Å². The fraction of sp³-hybridized carbons (Fsp3) is 0.600. The molecule has 2 aliphatic rings. The van der Waals surface area contributed by atoms with Crippen LogP contribution in [0.3, 0.4) is 0 Å². The normalized spacial score (nSPS) is 19.1. The van der Waals surface area contributed by atoms with Crippen LogP contribution in [0, 0.1) is 5.92 Å². The number of carbonyl (C=O) groups is 1. The van der Waals surface area contributed by atoms with Crippen LogP contribution in [0.2, 0.25) is 0 Å². The van der Waals surface area contributed by atoms with Crippen molar-refractivity contribution in [2.75, 3.05) is 0 Å². The number of nitrogens with zero attached hydrogens (tertiary/aromatic N) is 1. The Kier molecular flexibility index (Phi) is 5.46. The molecule has 2 aromatic rings. The molecule has 0 bridgehead atoms. The van der Waals surface area contributed by atoms with Crippen LogP contribution in [-0.4, -0.2) is 11.1 Å². The van der Waals surface area contributed by atoms with E-state index in [1.807, 2.05) is 0 Å². The molecule has 0 atom stereocenters. The van der Waals surface area contributed by atoms with Crippen LogP contribution in [0.4, 0.5) is 0 Å². The van der Waals surface area contributed by atoms with E-state index in [0.717, 1.165) is 27.3 Å². The molecule has 5 heteroatoms. The average molecular weight is 428 g/mol. The number of amides is 1. The highest BCUT2D eigenvalue weighted by atomic mass is 32.1. The third-order valence-electron chi connectivity index (χ3n) is 7.08. The van der Waals surface area contributed by atoms with Gasteiger partial charge in [0.1, 0.15) is 4.88 Å². The largest absolute Gasteiger partial charge is 0.377 e. The smallest absolute Gasteiger partial charge is 0.359 e. The topological polar surface area (TPSA) is 67.2 Å². The monoisotopic (exact) mass is 427 g/mol. The third kappa shape index (κ3) is 4.14. The van der Waals surface area contributed by atoms with Crippen molar-refractivity contribution in [1.82, 2.24) is 0 Å². The molecule has 2 fully saturated rings. The second-order valence-corrected chi connectivity index (χ2v) is 11.7. The van der Waals surface area contributed by atoms with Crippen molar-refractivity contribution in [1.29, 1.82) is 0 Å². The van der Waals surface area contributed by atoms with Crippen molar-refractivity contribution < 1.29 is 14.7 Å². The molecule has 2 aliphatic carbocycles. The lowest BCUT2D eigenvalue weighted by Crippen LogP contribution is -2.41. The minimum atomic E-state index is -0.569. The van der Waals surface area contributed by atoms with Crippen molar-refractivity contribution in [2.45, 2.75) is 89.9 Å². The molecule has 0 radical (unpaired) electrons. The standard InChI is InChI=1S/C25H34N2O2S/c1-24(2,3)18-13-17(14-19(15-18)25(4)10-11-25)21-20(12-16-8-6-5-7-9-16)27(29)23(30-21)22(26)28/h13-16H,5-12H2,1-4H3,(H2-,26,28,29)/p+1. The second-order valence-electron chi connectivity index (χ2n) is 10.7. The van der Waals surface area contributed by atoms with Gasteiger partial charge in [-0.3, -0.25) is 10.0 Å². The predicted molar refractivity (Wildman–Crippen MR) is 121 cm³/mol. The Morgan fingerprint density at radius 3 is 2.43 bits per heavy atom. The molecule has 0 saturated heterocycles. The summed E-state index contributed by atoms with van der Waals surface area (Å²) in [7, 11) is 0. The molecule has 0 aliphatic heterocycles. The highest BCUT2D eigenvalue weighted by Gasteiger charge is 2.40. The molecule has 0 unspecified atom stereocenters. The first-order valence-corrected chi connectivity index (χ1v) is 12.1. The molecule has 162 valence electrons. The summed E-state index contributed by atoms with van der Waals surface area (Å²) in [6.45, 7) is 9.05. The quantitative estimate of drug-likeness (QED) is 0.488. The first-order valence-electron chi connectivity index (χ1n) is 11.3. The first-order chi connectivity index (χ1) is 14.1. The van der Waals surface area contributed by atoms with Gasteiger partial charge in [-0.15, -0.1) is 0 Å². The molecular weight excluding hydrogens is 392 g/mol. The number of hydrogen-bond acceptors (Lipinski definition) is 3. The zero-order valence-electron chi connectivity index (χ0n) is 18.8. The van der Waals surface area contributed by atoms with Crippen LogP contribution in [0.1, 0.15) is 99.3 Å². The lowest BCUT2D eigenvalue weighted by atomic mass is 9.82. The van der Waals surface area contributed by atoms with Crippen LogP contribution in [0.5, 0.6) is 0 Å². The van der Waals surface area contributed by atoms with E-state index in [2.05, 4.69) is 45.9 Å². The Hall–Kier alpha value is -1.88. The van der Waals surface area contributed by atoms with Gasteiger partial charge in [-0.25, -0.2) is 0 Å². The van der Waals surface area contributed by atoms with E-state index in [0.29, 0.717) is 5.92 Å². The lowest BCUT2D eigenvalue weighted by Gasteiger charge is -2.23. The van der Waals surface area contributed by atoms with Crippen LogP contribution in [0.25, 0.3) is 10.4 Å². The highest BCUT2D eigenvalue weighted by molar-refractivity contribution is 7.16. The Morgan fingerprint density at radius 1 is 1.20 bits per heavy atom. The zero-order chi connectivity index (χ0) is 21.7. The van der Waals surface area contributed by atoms with Crippen molar-refractivity contribution in [3.8, 4) is 10.4 Å². The summed E-state index contributed by atoms with van der Waals surface area (Å²) in [5.74, 6) is -0.0163. The van der Waals surface area contributed by atoms with Crippen LogP contribution >= 0.6 is 11.3 Å². The van der Waals surface area contributed by atoms with E-state index >= 15 is 0 Å². The van der Waals surface area contributed by atoms with Crippen LogP contribution in [0.15, 0.2) is 18.2 Å². The fourth-order valence-electron chi connectivity index (χ4n) is 4.66. The molecule has 0 spiro atoms. The lowest BCUT2D eigenvalue weighted by molar-refractivity contribution is -0.907. The molecule has 1 amide bonds. The fourth-order valence-corrected chi connectivity index (χ4v) is 5.67. The minimum absolute atomic E-state index is 0.0263. The van der Waals surface area contributed by atoms with E-state index in [4.69, 9.17) is 5.73 Å². The number of thiazole rings is 1. The summed E-state index contributed by atoms with van der Waals surface area (Å²) in [6.07, 6.45) is 9.40. The van der Waals surface area contributed by atoms with Crippen LogP contribution in [-0.2, 0) is 17.3 Å². The number of aromatic nitrogens is 1. The molecule has 4 nitrogen and oxygen atoms in total. The molecule has 4 rings (SSSR count). The maximum atomic E-state index is 12.0. The van der Waals surface area contributed by atoms with Gasteiger partial charge in [0, 0.05) is 11.2 Å². The zero-order valence-corrected chi connectivity index (χ0v) is 19.6. The van der Waals surface area contributed by atoms with Gasteiger partial charge in [-0.1, -0.05) is 64.4 Å². The number of rotatable bonds is 5. The summed E-state index contributed by atoms with van der Waals surface area (Å²) in [5.41, 5.74) is 10.5. The second kappa shape index (κ2) is 7.67. The molecule has 1 heterocycles. The van der Waals surface area contributed by atoms with Gasteiger partial charge in [0.15, 0.2) is 0 Å². The van der Waals surface area contributed by atoms with Gasteiger partial charge >= 0.3 is 10.9 Å². The molecule has 30 heavy (non-hydrogen) atoms. The summed E-state index contributed by atoms with van der Waals surface area (Å²) >= 11 is 1.33. The Balaban J connectivity index is 1.84. The van der Waals surface area contributed by atoms with E-state index in [-0.39, 0.29) is 15.8 Å². The molecular formula is C25H35N2O2S+. The molecule has 3 N–H and O–H groups in total. The first kappa shape index (κ1) is 21.4. The number of hydrogen-bond donors (Lipinski definition) is 2. The third-order valence-corrected chi connectivity index (χ3v) is 8.33. The van der Waals surface area contributed by atoms with Crippen LogP contribution < -0.4 is 10.5 Å². The highest BCUT2D eigenvalue weighted by Crippen LogP contribution is 2.49. The van der Waals surface area contributed by atoms with Gasteiger partial charge in [0.2, 0.25) is 0 Å². The summed E-state index contributed by atoms with van der Waals surface area (Å²) < 4.78 is 1.08. The average Bonchev–Trinajstić information content (AvgIpc) is 3.37. The maximum Gasteiger partial charge on any atom is 0.377 e. The Labute approximate surface area is 184 Å². The number of benzene rings is 1. The summed E-state index contributed by atoms with van der Waals surface area (Å²) in [6, 6.07) is 6.88. The maximum absolute atomic E-state index is 12.0. The van der Waals surface area contributed by atoms with E-state index < -0.39 is 5.91 Å². The SMILES string of the molecule is CC(C)(C)c1cc(-c2sc(C(N)=O)[n+](O)c2CC2CCCCC2)cc(C2(C)CC2)c1. The van der Waals surface area contributed by atoms with Crippen molar-refractivity contribution in [2.24, 2.45) is 11.7 Å². The number of carbonyl (C=O) groups excluding carboxylic acids is 1. The molecule has 1 aromatic heterocycles. The van der Waals surface area contributed by atoms with E-state index in [1.165, 1.54) is 67.4 Å². The van der Waals surface area contributed by atoms with Crippen molar-refractivity contribution in [3.63, 3.8) is 0 Å². The summed E-state index contributed by atoms with van der Waals surface area (Å²) in [4.78, 5) is 13.0. The molecule has 1 aromatic carbocycles. The van der Waals surface area contributed by atoms with Gasteiger partial charge in [-0.2, -0.15) is 0 Å². The number of primary amides is 1. The predicted octanol–water partition coefficient (Wildman–Crippen LogP) is 5.51. The Morgan fingerprint density at radius 2 is 1.87 bits per heavy atom. The Bertz CT molecular complexity index is 937. The summed E-state index contributed by atoms with van der Waals surface area (Å²) in [5, 5.41) is 11.1. The van der Waals surface area contributed by atoms with Crippen molar-refractivity contribution in [3.05, 3.63) is 40.0 Å². The molecule has 2 saturated carbocycles. The minimum Gasteiger partial charge on any atom is -0.359 e. The van der Waals surface area contributed by atoms with Gasteiger partial charge in [0.25, 0.3) is 5.69 Å². The number of nitrogens with two attached hydrogens (primary N) is 1.